The van der Waals surface area contributed by atoms with Crippen molar-refractivity contribution in [2.45, 2.75) is 77.2 Å². The van der Waals surface area contributed by atoms with Crippen LogP contribution in [0.2, 0.25) is 0 Å². The summed E-state index contributed by atoms with van der Waals surface area (Å²) in [6.45, 7) is 10.7. The molecule has 180 valence electrons. The van der Waals surface area contributed by atoms with Crippen molar-refractivity contribution in [3.8, 4) is 0 Å². The topological polar surface area (TPSA) is 105 Å². The van der Waals surface area contributed by atoms with Crippen LogP contribution in [-0.2, 0) is 10.0 Å². The lowest BCUT2D eigenvalue weighted by Crippen LogP contribution is -2.38. The second kappa shape index (κ2) is 9.18. The van der Waals surface area contributed by atoms with Crippen LogP contribution in [-0.4, -0.2) is 41.9 Å². The minimum atomic E-state index is -3.68. The zero-order valence-electron chi connectivity index (χ0n) is 20.1. The number of carbonyl (C=O) groups excluding carboxylic acids is 1. The van der Waals surface area contributed by atoms with E-state index in [1.54, 1.807) is 17.3 Å². The van der Waals surface area contributed by atoms with Crippen LogP contribution in [0.25, 0.3) is 0 Å². The van der Waals surface area contributed by atoms with Crippen LogP contribution >= 0.6 is 0 Å². The number of aryl methyl sites for hydroxylation is 1. The second-order valence-electron chi connectivity index (χ2n) is 9.96. The van der Waals surface area contributed by atoms with E-state index in [2.05, 4.69) is 22.4 Å². The van der Waals surface area contributed by atoms with Crippen LogP contribution in [0.3, 0.4) is 0 Å². The lowest BCUT2D eigenvalue weighted by atomic mass is 10.0. The number of sulfonamides is 1. The summed E-state index contributed by atoms with van der Waals surface area (Å²) in [5.41, 5.74) is 1.76. The highest BCUT2D eigenvalue weighted by atomic mass is 32.2. The molecule has 1 N–H and O–H groups in total. The number of rotatable bonds is 7. The van der Waals surface area contributed by atoms with Crippen molar-refractivity contribution in [3.63, 3.8) is 0 Å². The van der Waals surface area contributed by atoms with Gasteiger partial charge in [0.15, 0.2) is 5.82 Å². The molecule has 4 rings (SSSR count). The van der Waals surface area contributed by atoms with Crippen LogP contribution in [0.5, 0.6) is 0 Å². The van der Waals surface area contributed by atoms with E-state index in [1.807, 2.05) is 20.8 Å². The Labute approximate surface area is 196 Å². The van der Waals surface area contributed by atoms with Gasteiger partial charge in [0.05, 0.1) is 4.90 Å². The van der Waals surface area contributed by atoms with Crippen molar-refractivity contribution in [3.05, 3.63) is 40.5 Å². The van der Waals surface area contributed by atoms with E-state index in [4.69, 9.17) is 4.52 Å². The molecule has 0 radical (unpaired) electrons. The van der Waals surface area contributed by atoms with Crippen molar-refractivity contribution in [1.82, 2.24) is 19.8 Å². The predicted molar refractivity (Wildman–Crippen MR) is 124 cm³/mol. The highest BCUT2D eigenvalue weighted by Crippen LogP contribution is 2.38. The fourth-order valence-corrected chi connectivity index (χ4v) is 6.00. The van der Waals surface area contributed by atoms with Gasteiger partial charge < -0.3 is 9.84 Å². The first-order valence-electron chi connectivity index (χ1n) is 11.8. The van der Waals surface area contributed by atoms with E-state index in [0.29, 0.717) is 47.8 Å². The number of piperidine rings is 1. The van der Waals surface area contributed by atoms with Crippen molar-refractivity contribution >= 4 is 15.9 Å². The molecule has 1 atom stereocenters. The molecule has 1 saturated heterocycles. The molecular weight excluding hydrogens is 440 g/mol. The van der Waals surface area contributed by atoms with Crippen molar-refractivity contribution < 1.29 is 17.7 Å². The van der Waals surface area contributed by atoms with Gasteiger partial charge in [0.2, 0.25) is 15.9 Å². The average molecular weight is 475 g/mol. The van der Waals surface area contributed by atoms with Gasteiger partial charge in [0.25, 0.3) is 5.91 Å². The molecular formula is C24H34N4O4S. The number of carbonyl (C=O) groups is 1. The molecule has 33 heavy (non-hydrogen) atoms. The largest absolute Gasteiger partial charge is 0.340 e. The summed E-state index contributed by atoms with van der Waals surface area (Å²) in [7, 11) is -3.68. The van der Waals surface area contributed by atoms with E-state index in [9.17, 15) is 13.2 Å². The molecule has 1 unspecified atom stereocenters. The first kappa shape index (κ1) is 23.9. The summed E-state index contributed by atoms with van der Waals surface area (Å²) in [5, 5.41) is 7.06. The first-order valence-corrected chi connectivity index (χ1v) is 13.3. The quantitative estimate of drug-likeness (QED) is 0.647. The molecule has 0 spiro atoms. The Morgan fingerprint density at radius 1 is 1.15 bits per heavy atom. The highest BCUT2D eigenvalue weighted by Gasteiger charge is 2.33. The average Bonchev–Trinajstić information content (AvgIpc) is 3.50. The third-order valence-electron chi connectivity index (χ3n) is 6.86. The molecule has 2 heterocycles. The fraction of sp³-hybridized carbons (Fsp3) is 0.625. The van der Waals surface area contributed by atoms with Gasteiger partial charge in [-0.05, 0) is 74.6 Å². The molecule has 1 amide bonds. The zero-order valence-corrected chi connectivity index (χ0v) is 20.9. The standard InChI is InChI=1S/C24H34N4O4S/c1-14(2)21(24-26-22(27-32-24)18-6-7-18)25-23(29)19-12-16(4)17(5)20(13-19)33(30,31)28-10-8-15(3)9-11-28/h12-15,18,21H,6-11H2,1-5H3,(H,25,29). The molecule has 2 aliphatic rings. The summed E-state index contributed by atoms with van der Waals surface area (Å²) in [4.78, 5) is 17.9. The molecule has 1 aromatic heterocycles. The molecule has 1 aromatic carbocycles. The van der Waals surface area contributed by atoms with Gasteiger partial charge in [-0.2, -0.15) is 9.29 Å². The Bertz CT molecular complexity index is 1130. The van der Waals surface area contributed by atoms with E-state index in [1.165, 1.54) is 6.07 Å². The monoisotopic (exact) mass is 474 g/mol. The number of nitrogens with one attached hydrogen (secondary N) is 1. The van der Waals surface area contributed by atoms with Gasteiger partial charge in [-0.15, -0.1) is 0 Å². The van der Waals surface area contributed by atoms with Crippen molar-refractivity contribution in [1.29, 1.82) is 0 Å². The summed E-state index contributed by atoms with van der Waals surface area (Å²) >= 11 is 0. The normalized spacial score (nSPS) is 19.1. The minimum Gasteiger partial charge on any atom is -0.340 e. The maximum atomic E-state index is 13.4. The Kier molecular flexibility index (Phi) is 6.64. The molecule has 0 bridgehead atoms. The smallest absolute Gasteiger partial charge is 0.251 e. The molecule has 1 aliphatic carbocycles. The summed E-state index contributed by atoms with van der Waals surface area (Å²) in [5.74, 6) is 1.63. The van der Waals surface area contributed by atoms with Gasteiger partial charge in [-0.1, -0.05) is 25.9 Å². The lowest BCUT2D eigenvalue weighted by Gasteiger charge is -2.30. The van der Waals surface area contributed by atoms with E-state index >= 15 is 0 Å². The summed E-state index contributed by atoms with van der Waals surface area (Å²) in [6.07, 6.45) is 3.82. The number of nitrogens with zero attached hydrogens (tertiary/aromatic N) is 3. The van der Waals surface area contributed by atoms with Crippen LogP contribution in [0.15, 0.2) is 21.6 Å². The van der Waals surface area contributed by atoms with Crippen LogP contribution < -0.4 is 5.32 Å². The third kappa shape index (κ3) is 4.99. The van der Waals surface area contributed by atoms with E-state index in [0.717, 1.165) is 31.2 Å². The Morgan fingerprint density at radius 2 is 1.82 bits per heavy atom. The number of hydrogen-bond donors (Lipinski definition) is 1. The van der Waals surface area contributed by atoms with Gasteiger partial charge in [-0.25, -0.2) is 8.42 Å². The number of aromatic nitrogens is 2. The lowest BCUT2D eigenvalue weighted by molar-refractivity contribution is 0.0913. The summed E-state index contributed by atoms with van der Waals surface area (Å²) < 4.78 is 33.9. The predicted octanol–water partition coefficient (Wildman–Crippen LogP) is 4.11. The van der Waals surface area contributed by atoms with Gasteiger partial charge >= 0.3 is 0 Å². The maximum Gasteiger partial charge on any atom is 0.251 e. The maximum absolute atomic E-state index is 13.4. The minimum absolute atomic E-state index is 0.0199. The SMILES string of the molecule is Cc1cc(C(=O)NC(c2nc(C3CC3)no2)C(C)C)cc(S(=O)(=O)N2CCC(C)CC2)c1C. The first-order chi connectivity index (χ1) is 15.6. The van der Waals surface area contributed by atoms with Crippen LogP contribution in [0.4, 0.5) is 0 Å². The van der Waals surface area contributed by atoms with Crippen LogP contribution in [0.1, 0.15) is 91.6 Å². The fourth-order valence-electron chi connectivity index (χ4n) is 4.21. The number of benzene rings is 1. The second-order valence-corrected chi connectivity index (χ2v) is 11.9. The van der Waals surface area contributed by atoms with Gasteiger partial charge in [0.1, 0.15) is 6.04 Å². The van der Waals surface area contributed by atoms with Gasteiger partial charge in [-0.3, -0.25) is 4.79 Å². The third-order valence-corrected chi connectivity index (χ3v) is 8.89. The molecule has 2 fully saturated rings. The highest BCUT2D eigenvalue weighted by molar-refractivity contribution is 7.89. The van der Waals surface area contributed by atoms with Crippen molar-refractivity contribution in [2.24, 2.45) is 11.8 Å². The Morgan fingerprint density at radius 3 is 2.42 bits per heavy atom. The molecule has 8 nitrogen and oxygen atoms in total. The zero-order chi connectivity index (χ0) is 23.9. The molecule has 1 aliphatic heterocycles. The summed E-state index contributed by atoms with van der Waals surface area (Å²) in [6, 6.07) is 2.79. The molecule has 2 aromatic rings. The van der Waals surface area contributed by atoms with E-state index in [-0.39, 0.29) is 16.7 Å². The molecule has 9 heteroatoms. The molecule has 1 saturated carbocycles. The Balaban J connectivity index is 1.60. The van der Waals surface area contributed by atoms with E-state index < -0.39 is 16.1 Å². The number of hydrogen-bond acceptors (Lipinski definition) is 6. The Hall–Kier alpha value is -2.26. The van der Waals surface area contributed by atoms with Gasteiger partial charge in [0, 0.05) is 24.6 Å². The van der Waals surface area contributed by atoms with Crippen LogP contribution in [0, 0.1) is 25.7 Å². The number of amides is 1. The van der Waals surface area contributed by atoms with Crippen molar-refractivity contribution in [2.75, 3.05) is 13.1 Å².